The zero-order valence-corrected chi connectivity index (χ0v) is 12.7. The maximum absolute atomic E-state index is 12.2. The number of ether oxygens (including phenoxy) is 1. The second kappa shape index (κ2) is 7.47. The molecule has 6 heteroatoms. The minimum absolute atomic E-state index is 0.0526. The van der Waals surface area contributed by atoms with Crippen molar-refractivity contribution in [3.63, 3.8) is 0 Å². The number of urea groups is 1. The molecule has 1 saturated heterocycles. The normalized spacial score (nSPS) is 20.3. The van der Waals surface area contributed by atoms with Gasteiger partial charge in [0, 0.05) is 19.2 Å². The average Bonchev–Trinajstić information content (AvgIpc) is 2.92. The average molecular weight is 296 g/mol. The van der Waals surface area contributed by atoms with Crippen molar-refractivity contribution in [3.05, 3.63) is 23.7 Å². The van der Waals surface area contributed by atoms with Crippen LogP contribution in [-0.4, -0.2) is 48.4 Å². The molecule has 6 nitrogen and oxygen atoms in total. The van der Waals surface area contributed by atoms with Gasteiger partial charge in [-0.2, -0.15) is 0 Å². The van der Waals surface area contributed by atoms with Crippen LogP contribution in [0.1, 0.15) is 37.4 Å². The molecule has 0 radical (unpaired) electrons. The van der Waals surface area contributed by atoms with Crippen molar-refractivity contribution in [1.82, 2.24) is 10.2 Å². The van der Waals surface area contributed by atoms with Crippen molar-refractivity contribution in [2.45, 2.75) is 38.8 Å². The summed E-state index contributed by atoms with van der Waals surface area (Å²) in [6, 6.07) is 3.76. The minimum Gasteiger partial charge on any atom is -0.464 e. The lowest BCUT2D eigenvalue weighted by Gasteiger charge is -2.32. The first-order chi connectivity index (χ1) is 10.1. The van der Waals surface area contributed by atoms with Crippen LogP contribution in [0.25, 0.3) is 0 Å². The number of rotatable bonds is 5. The van der Waals surface area contributed by atoms with Gasteiger partial charge in [0.1, 0.15) is 17.6 Å². The molecule has 1 aliphatic heterocycles. The van der Waals surface area contributed by atoms with Crippen molar-refractivity contribution in [2.75, 3.05) is 26.3 Å². The molecular formula is C15H24N2O4. The predicted octanol–water partition coefficient (Wildman–Crippen LogP) is 1.83. The zero-order chi connectivity index (χ0) is 15.2. The molecule has 2 atom stereocenters. The third kappa shape index (κ3) is 4.47. The molecule has 2 heterocycles. The van der Waals surface area contributed by atoms with Crippen LogP contribution in [0.15, 0.2) is 16.5 Å². The van der Waals surface area contributed by atoms with Gasteiger partial charge in [-0.1, -0.05) is 0 Å². The van der Waals surface area contributed by atoms with Crippen LogP contribution in [0.2, 0.25) is 0 Å². The van der Waals surface area contributed by atoms with E-state index in [0.29, 0.717) is 26.1 Å². The lowest BCUT2D eigenvalue weighted by molar-refractivity contribution is -0.0266. The number of carbonyl (C=O) groups excluding carboxylic acids is 1. The van der Waals surface area contributed by atoms with E-state index in [1.54, 1.807) is 4.90 Å². The number of hydrogen-bond donors (Lipinski definition) is 2. The molecule has 0 saturated carbocycles. The SMILES string of the molecule is Cc1ccc(C2CN(C(=O)NC(C)CCCO)CCO2)o1. The third-order valence-corrected chi connectivity index (χ3v) is 3.60. The Morgan fingerprint density at radius 1 is 1.57 bits per heavy atom. The number of carbonyl (C=O) groups is 1. The topological polar surface area (TPSA) is 74.9 Å². The van der Waals surface area contributed by atoms with Gasteiger partial charge in [0.15, 0.2) is 0 Å². The maximum atomic E-state index is 12.2. The first kappa shape index (κ1) is 15.9. The quantitative estimate of drug-likeness (QED) is 0.869. The molecule has 118 valence electrons. The number of aryl methyl sites for hydroxylation is 1. The van der Waals surface area contributed by atoms with E-state index in [-0.39, 0.29) is 24.8 Å². The van der Waals surface area contributed by atoms with E-state index in [1.165, 1.54) is 0 Å². The monoisotopic (exact) mass is 296 g/mol. The highest BCUT2D eigenvalue weighted by atomic mass is 16.5. The van der Waals surface area contributed by atoms with Crippen molar-refractivity contribution >= 4 is 6.03 Å². The van der Waals surface area contributed by atoms with E-state index in [9.17, 15) is 4.79 Å². The number of amides is 2. The number of furan rings is 1. The molecule has 1 aromatic rings. The van der Waals surface area contributed by atoms with E-state index >= 15 is 0 Å². The lowest BCUT2D eigenvalue weighted by atomic mass is 10.2. The molecule has 1 aromatic heterocycles. The Morgan fingerprint density at radius 3 is 3.05 bits per heavy atom. The zero-order valence-electron chi connectivity index (χ0n) is 12.7. The van der Waals surface area contributed by atoms with E-state index in [4.69, 9.17) is 14.3 Å². The number of nitrogens with one attached hydrogen (secondary N) is 1. The summed E-state index contributed by atoms with van der Waals surface area (Å²) in [6.07, 6.45) is 1.26. The molecule has 0 bridgehead atoms. The molecule has 0 aliphatic carbocycles. The van der Waals surface area contributed by atoms with Crippen LogP contribution < -0.4 is 5.32 Å². The molecule has 2 N–H and O–H groups in total. The maximum Gasteiger partial charge on any atom is 0.317 e. The van der Waals surface area contributed by atoms with Crippen LogP contribution in [0.4, 0.5) is 4.79 Å². The van der Waals surface area contributed by atoms with Crippen LogP contribution >= 0.6 is 0 Å². The van der Waals surface area contributed by atoms with Gasteiger partial charge in [0.2, 0.25) is 0 Å². The Bertz CT molecular complexity index is 460. The summed E-state index contributed by atoms with van der Waals surface area (Å²) in [5.74, 6) is 1.60. The Morgan fingerprint density at radius 2 is 2.38 bits per heavy atom. The molecule has 0 spiro atoms. The fraction of sp³-hybridized carbons (Fsp3) is 0.667. The smallest absolute Gasteiger partial charge is 0.317 e. The van der Waals surface area contributed by atoms with E-state index in [0.717, 1.165) is 17.9 Å². The number of aliphatic hydroxyl groups excluding tert-OH is 1. The van der Waals surface area contributed by atoms with Crippen LogP contribution in [0.5, 0.6) is 0 Å². The van der Waals surface area contributed by atoms with Crippen LogP contribution in [0.3, 0.4) is 0 Å². The predicted molar refractivity (Wildman–Crippen MR) is 78.0 cm³/mol. The highest BCUT2D eigenvalue weighted by molar-refractivity contribution is 5.74. The molecule has 2 amide bonds. The molecule has 2 unspecified atom stereocenters. The fourth-order valence-corrected chi connectivity index (χ4v) is 2.40. The summed E-state index contributed by atoms with van der Waals surface area (Å²) in [5, 5.41) is 11.8. The first-order valence-corrected chi connectivity index (χ1v) is 7.44. The second-order valence-corrected chi connectivity index (χ2v) is 5.47. The summed E-state index contributed by atoms with van der Waals surface area (Å²) in [4.78, 5) is 14.0. The lowest BCUT2D eigenvalue weighted by Crippen LogP contribution is -2.49. The van der Waals surface area contributed by atoms with Gasteiger partial charge in [-0.15, -0.1) is 0 Å². The number of morpholine rings is 1. The molecule has 1 fully saturated rings. The van der Waals surface area contributed by atoms with Gasteiger partial charge in [-0.3, -0.25) is 0 Å². The highest BCUT2D eigenvalue weighted by Crippen LogP contribution is 2.24. The third-order valence-electron chi connectivity index (χ3n) is 3.60. The molecule has 1 aliphatic rings. The van der Waals surface area contributed by atoms with E-state index < -0.39 is 0 Å². The summed E-state index contributed by atoms with van der Waals surface area (Å²) in [6.45, 7) is 5.56. The van der Waals surface area contributed by atoms with Gasteiger partial charge in [-0.05, 0) is 38.8 Å². The molecule has 0 aromatic carbocycles. The second-order valence-electron chi connectivity index (χ2n) is 5.47. The summed E-state index contributed by atoms with van der Waals surface area (Å²) in [5.41, 5.74) is 0. The van der Waals surface area contributed by atoms with Crippen molar-refractivity contribution in [2.24, 2.45) is 0 Å². The van der Waals surface area contributed by atoms with E-state index in [2.05, 4.69) is 5.32 Å². The summed E-state index contributed by atoms with van der Waals surface area (Å²) in [7, 11) is 0. The Balaban J connectivity index is 1.87. The van der Waals surface area contributed by atoms with Crippen molar-refractivity contribution in [1.29, 1.82) is 0 Å². The van der Waals surface area contributed by atoms with Crippen LogP contribution in [-0.2, 0) is 4.74 Å². The Kier molecular flexibility index (Phi) is 5.64. The largest absolute Gasteiger partial charge is 0.464 e. The fourth-order valence-electron chi connectivity index (χ4n) is 2.40. The van der Waals surface area contributed by atoms with Gasteiger partial charge >= 0.3 is 6.03 Å². The molecular weight excluding hydrogens is 272 g/mol. The number of hydrogen-bond acceptors (Lipinski definition) is 4. The van der Waals surface area contributed by atoms with Gasteiger partial charge < -0.3 is 24.5 Å². The molecule has 21 heavy (non-hydrogen) atoms. The van der Waals surface area contributed by atoms with Crippen molar-refractivity contribution < 1.29 is 19.1 Å². The standard InChI is InChI=1S/C15H24N2O4/c1-11(4-3-8-18)16-15(19)17-7-9-20-14(10-17)13-6-5-12(2)21-13/h5-6,11,14,18H,3-4,7-10H2,1-2H3,(H,16,19). The highest BCUT2D eigenvalue weighted by Gasteiger charge is 2.27. The van der Waals surface area contributed by atoms with Gasteiger partial charge in [0.05, 0.1) is 13.2 Å². The van der Waals surface area contributed by atoms with E-state index in [1.807, 2.05) is 26.0 Å². The first-order valence-electron chi connectivity index (χ1n) is 7.44. The van der Waals surface area contributed by atoms with Crippen molar-refractivity contribution in [3.8, 4) is 0 Å². The van der Waals surface area contributed by atoms with Crippen LogP contribution in [0, 0.1) is 6.92 Å². The molecule has 2 rings (SSSR count). The number of nitrogens with zero attached hydrogens (tertiary/aromatic N) is 1. The summed E-state index contributed by atoms with van der Waals surface area (Å²) >= 11 is 0. The Labute approximate surface area is 125 Å². The Hall–Kier alpha value is -1.53. The van der Waals surface area contributed by atoms with Gasteiger partial charge in [0.25, 0.3) is 0 Å². The number of aliphatic hydroxyl groups is 1. The summed E-state index contributed by atoms with van der Waals surface area (Å²) < 4.78 is 11.3. The minimum atomic E-state index is -0.203. The van der Waals surface area contributed by atoms with Gasteiger partial charge in [-0.25, -0.2) is 4.79 Å².